The van der Waals surface area contributed by atoms with Crippen molar-refractivity contribution in [2.24, 2.45) is 0 Å². The standard InChI is InChI=1S/C27H23FN4OS/c1-15-4-7-17(8-5-15)24-22-23(29-26-30-27(34-3)31-32(24)26)20-14-16(2)6-13-21(20)33-25(22)18-9-11-19(28)12-10-18/h4-14,24-25H,1-3H3,(H,29,30,31)/t24-,25-/m1/s1. The van der Waals surface area contributed by atoms with Crippen LogP contribution < -0.4 is 10.1 Å². The summed E-state index contributed by atoms with van der Waals surface area (Å²) in [6.07, 6.45) is 1.55. The second-order valence-electron chi connectivity index (χ2n) is 8.68. The molecule has 34 heavy (non-hydrogen) atoms. The molecule has 2 aliphatic rings. The van der Waals surface area contributed by atoms with E-state index in [4.69, 9.17) is 14.8 Å². The number of nitrogens with zero attached hydrogens (tertiary/aromatic N) is 3. The van der Waals surface area contributed by atoms with Crippen molar-refractivity contribution in [2.75, 3.05) is 11.6 Å². The smallest absolute Gasteiger partial charge is 0.227 e. The summed E-state index contributed by atoms with van der Waals surface area (Å²) in [6, 6.07) is 21.0. The molecule has 2 aliphatic heterocycles. The molecule has 3 aromatic carbocycles. The molecule has 1 aromatic heterocycles. The average Bonchev–Trinajstić information content (AvgIpc) is 3.27. The number of aryl methyl sites for hydroxylation is 2. The summed E-state index contributed by atoms with van der Waals surface area (Å²) < 4.78 is 22.4. The summed E-state index contributed by atoms with van der Waals surface area (Å²) in [4.78, 5) is 4.74. The number of hydrogen-bond donors (Lipinski definition) is 1. The molecule has 0 aliphatic carbocycles. The summed E-state index contributed by atoms with van der Waals surface area (Å²) in [5.41, 5.74) is 7.28. The van der Waals surface area contributed by atoms with E-state index in [0.29, 0.717) is 11.1 Å². The van der Waals surface area contributed by atoms with Crippen molar-refractivity contribution in [3.8, 4) is 5.75 Å². The molecule has 0 fully saturated rings. The lowest BCUT2D eigenvalue weighted by Gasteiger charge is -2.39. The lowest BCUT2D eigenvalue weighted by molar-refractivity contribution is 0.222. The third-order valence-electron chi connectivity index (χ3n) is 6.36. The van der Waals surface area contributed by atoms with Crippen molar-refractivity contribution in [1.29, 1.82) is 0 Å². The minimum atomic E-state index is -0.417. The minimum Gasteiger partial charge on any atom is -0.480 e. The van der Waals surface area contributed by atoms with Crippen LogP contribution in [0.1, 0.15) is 40.0 Å². The van der Waals surface area contributed by atoms with Crippen molar-refractivity contribution in [1.82, 2.24) is 14.8 Å². The highest BCUT2D eigenvalue weighted by Crippen LogP contribution is 2.51. The van der Waals surface area contributed by atoms with Crippen LogP contribution in [-0.2, 0) is 0 Å². The average molecular weight is 471 g/mol. The van der Waals surface area contributed by atoms with Crippen molar-refractivity contribution in [3.05, 3.63) is 106 Å². The number of thioether (sulfide) groups is 1. The maximum atomic E-state index is 13.8. The molecule has 4 aromatic rings. The maximum absolute atomic E-state index is 13.8. The molecule has 7 heteroatoms. The second kappa shape index (κ2) is 8.02. The highest BCUT2D eigenvalue weighted by atomic mass is 32.2. The predicted octanol–water partition coefficient (Wildman–Crippen LogP) is 6.32. The molecule has 0 radical (unpaired) electrons. The number of benzene rings is 3. The SMILES string of the molecule is CSc1nc2n(n1)[C@H](c1ccc(C)cc1)C1=C(N2)c2cc(C)ccc2O[C@@H]1c1ccc(F)cc1. The molecule has 170 valence electrons. The van der Waals surface area contributed by atoms with Gasteiger partial charge >= 0.3 is 0 Å². The fourth-order valence-corrected chi connectivity index (χ4v) is 5.04. The van der Waals surface area contributed by atoms with Gasteiger partial charge in [0.15, 0.2) is 0 Å². The summed E-state index contributed by atoms with van der Waals surface area (Å²) in [5, 5.41) is 9.07. The zero-order valence-electron chi connectivity index (χ0n) is 19.0. The first-order chi connectivity index (χ1) is 16.5. The number of fused-ring (bicyclic) bond motifs is 3. The van der Waals surface area contributed by atoms with Crippen LogP contribution >= 0.6 is 11.8 Å². The number of nitrogens with one attached hydrogen (secondary N) is 1. The lowest BCUT2D eigenvalue weighted by Crippen LogP contribution is -2.32. The van der Waals surface area contributed by atoms with Crippen LogP contribution in [-0.4, -0.2) is 21.0 Å². The number of aromatic nitrogens is 3. The van der Waals surface area contributed by atoms with E-state index in [-0.39, 0.29) is 11.9 Å². The quantitative estimate of drug-likeness (QED) is 0.355. The largest absolute Gasteiger partial charge is 0.480 e. The van der Waals surface area contributed by atoms with Crippen LogP contribution in [0.15, 0.2) is 77.5 Å². The van der Waals surface area contributed by atoms with Gasteiger partial charge in [0.05, 0.1) is 5.70 Å². The molecule has 0 unspecified atom stereocenters. The zero-order valence-corrected chi connectivity index (χ0v) is 19.9. The van der Waals surface area contributed by atoms with E-state index in [1.54, 1.807) is 12.1 Å². The molecule has 0 spiro atoms. The Morgan fingerprint density at radius 1 is 0.941 bits per heavy atom. The third kappa shape index (κ3) is 3.39. The minimum absolute atomic E-state index is 0.232. The Bertz CT molecular complexity index is 1430. The Labute approximate surface area is 201 Å². The molecule has 2 atom stereocenters. The van der Waals surface area contributed by atoms with Gasteiger partial charge in [-0.3, -0.25) is 0 Å². The first-order valence-electron chi connectivity index (χ1n) is 11.1. The van der Waals surface area contributed by atoms with Gasteiger partial charge in [-0.05, 0) is 55.5 Å². The van der Waals surface area contributed by atoms with E-state index < -0.39 is 6.10 Å². The van der Waals surface area contributed by atoms with Crippen LogP contribution in [0.2, 0.25) is 0 Å². The molecule has 0 saturated heterocycles. The Morgan fingerprint density at radius 3 is 2.38 bits per heavy atom. The monoisotopic (exact) mass is 470 g/mol. The van der Waals surface area contributed by atoms with Gasteiger partial charge in [0.25, 0.3) is 0 Å². The molecule has 6 rings (SSSR count). The van der Waals surface area contributed by atoms with E-state index in [0.717, 1.165) is 39.3 Å². The molecule has 0 saturated carbocycles. The molecule has 0 amide bonds. The van der Waals surface area contributed by atoms with Crippen LogP contribution in [0.4, 0.5) is 10.3 Å². The van der Waals surface area contributed by atoms with Gasteiger partial charge in [0, 0.05) is 11.1 Å². The van der Waals surface area contributed by atoms with E-state index in [1.807, 2.05) is 23.1 Å². The number of ether oxygens (including phenoxy) is 1. The van der Waals surface area contributed by atoms with Gasteiger partial charge in [-0.2, -0.15) is 4.98 Å². The van der Waals surface area contributed by atoms with Crippen molar-refractivity contribution in [2.45, 2.75) is 31.1 Å². The van der Waals surface area contributed by atoms with E-state index in [1.165, 1.54) is 29.5 Å². The Balaban J connectivity index is 1.63. The summed E-state index contributed by atoms with van der Waals surface area (Å²) >= 11 is 1.51. The molecule has 0 bridgehead atoms. The third-order valence-corrected chi connectivity index (χ3v) is 6.89. The van der Waals surface area contributed by atoms with Gasteiger partial charge in [0.1, 0.15) is 23.7 Å². The highest BCUT2D eigenvalue weighted by Gasteiger charge is 2.41. The van der Waals surface area contributed by atoms with E-state index >= 15 is 0 Å². The fourth-order valence-electron chi connectivity index (χ4n) is 4.69. The van der Waals surface area contributed by atoms with Crippen molar-refractivity contribution >= 4 is 23.4 Å². The summed E-state index contributed by atoms with van der Waals surface area (Å²) in [7, 11) is 0. The first-order valence-corrected chi connectivity index (χ1v) is 12.4. The fraction of sp³-hybridized carbons (Fsp3) is 0.185. The van der Waals surface area contributed by atoms with Gasteiger partial charge in [-0.25, -0.2) is 9.07 Å². The van der Waals surface area contributed by atoms with Crippen molar-refractivity contribution < 1.29 is 9.13 Å². The van der Waals surface area contributed by atoms with Gasteiger partial charge in [-0.15, -0.1) is 5.10 Å². The van der Waals surface area contributed by atoms with E-state index in [2.05, 4.69) is 49.5 Å². The second-order valence-corrected chi connectivity index (χ2v) is 9.46. The first kappa shape index (κ1) is 21.0. The Morgan fingerprint density at radius 2 is 1.65 bits per heavy atom. The number of halogens is 1. The predicted molar refractivity (Wildman–Crippen MR) is 133 cm³/mol. The van der Waals surface area contributed by atoms with Crippen LogP contribution in [0.25, 0.3) is 5.70 Å². The Hall–Kier alpha value is -3.58. The van der Waals surface area contributed by atoms with Crippen LogP contribution in [0.3, 0.4) is 0 Å². The zero-order chi connectivity index (χ0) is 23.4. The number of hydrogen-bond acceptors (Lipinski definition) is 5. The van der Waals surface area contributed by atoms with Gasteiger partial charge in [-0.1, -0.05) is 65.4 Å². The lowest BCUT2D eigenvalue weighted by atomic mass is 9.84. The highest BCUT2D eigenvalue weighted by molar-refractivity contribution is 7.98. The molecule has 3 heterocycles. The van der Waals surface area contributed by atoms with Crippen molar-refractivity contribution in [3.63, 3.8) is 0 Å². The van der Waals surface area contributed by atoms with E-state index in [9.17, 15) is 4.39 Å². The maximum Gasteiger partial charge on any atom is 0.227 e. The van der Waals surface area contributed by atoms with Crippen LogP contribution in [0, 0.1) is 19.7 Å². The summed E-state index contributed by atoms with van der Waals surface area (Å²) in [5.74, 6) is 1.21. The molecule has 1 N–H and O–H groups in total. The normalized spacial score (nSPS) is 18.5. The summed E-state index contributed by atoms with van der Waals surface area (Å²) in [6.45, 7) is 4.15. The molecular formula is C27H23FN4OS. The number of rotatable bonds is 3. The molecular weight excluding hydrogens is 447 g/mol. The van der Waals surface area contributed by atoms with Gasteiger partial charge < -0.3 is 10.1 Å². The Kier molecular flexibility index (Phi) is 4.95. The molecule has 5 nitrogen and oxygen atoms in total. The van der Waals surface area contributed by atoms with Crippen LogP contribution in [0.5, 0.6) is 5.75 Å². The van der Waals surface area contributed by atoms with Gasteiger partial charge in [0.2, 0.25) is 11.1 Å². The number of anilines is 1. The topological polar surface area (TPSA) is 52.0 Å².